The average Bonchev–Trinajstić information content (AvgIpc) is 2.31. The molecule has 1 unspecified atom stereocenters. The second-order valence-electron chi connectivity index (χ2n) is 4.55. The summed E-state index contributed by atoms with van der Waals surface area (Å²) in [6.45, 7) is 4.47. The number of piperazine rings is 1. The van der Waals surface area contributed by atoms with Gasteiger partial charge in [0.25, 0.3) is 0 Å². The summed E-state index contributed by atoms with van der Waals surface area (Å²) in [6.07, 6.45) is 8.91. The summed E-state index contributed by atoms with van der Waals surface area (Å²) in [6, 6.07) is 0. The summed E-state index contributed by atoms with van der Waals surface area (Å²) in [5, 5.41) is 12.6. The molecule has 0 aromatic carbocycles. The molecule has 0 saturated carbocycles. The van der Waals surface area contributed by atoms with Crippen molar-refractivity contribution in [2.75, 3.05) is 39.8 Å². The second kappa shape index (κ2) is 4.99. The zero-order chi connectivity index (χ0) is 11.4. The van der Waals surface area contributed by atoms with Crippen molar-refractivity contribution in [3.05, 3.63) is 24.4 Å². The second-order valence-corrected chi connectivity index (χ2v) is 4.55. The highest BCUT2D eigenvalue weighted by molar-refractivity contribution is 5.19. The monoisotopic (exact) mass is 223 g/mol. The number of aliphatic hydroxyl groups excluding tert-OH is 1. The molecule has 0 aliphatic carbocycles. The van der Waals surface area contributed by atoms with E-state index in [2.05, 4.69) is 34.3 Å². The topological polar surface area (TPSA) is 38.7 Å². The first-order chi connectivity index (χ1) is 7.77. The maximum Gasteiger partial charge on any atom is 0.112 e. The van der Waals surface area contributed by atoms with E-state index in [1.807, 2.05) is 12.3 Å². The van der Waals surface area contributed by atoms with E-state index in [0.717, 1.165) is 32.6 Å². The standard InChI is InChI=1S/C12H21N3O/c1-14-7-9-15(10-8-14)12(5-11-16)4-2-3-6-13-12/h2-4,6,13,16H,5,7-11H2,1H3. The molecule has 0 bridgehead atoms. The maximum atomic E-state index is 9.23. The van der Waals surface area contributed by atoms with Gasteiger partial charge < -0.3 is 15.3 Å². The molecular weight excluding hydrogens is 202 g/mol. The van der Waals surface area contributed by atoms with Crippen molar-refractivity contribution in [1.82, 2.24) is 15.1 Å². The van der Waals surface area contributed by atoms with E-state index in [4.69, 9.17) is 0 Å². The molecule has 2 rings (SSSR count). The third-order valence-electron chi connectivity index (χ3n) is 3.47. The van der Waals surface area contributed by atoms with Crippen LogP contribution in [-0.4, -0.2) is 60.4 Å². The lowest BCUT2D eigenvalue weighted by molar-refractivity contribution is 0.0382. The van der Waals surface area contributed by atoms with Crippen molar-refractivity contribution in [2.24, 2.45) is 0 Å². The Morgan fingerprint density at radius 3 is 2.56 bits per heavy atom. The normalized spacial score (nSPS) is 31.6. The van der Waals surface area contributed by atoms with Gasteiger partial charge in [-0.05, 0) is 25.4 Å². The number of hydrogen-bond acceptors (Lipinski definition) is 4. The van der Waals surface area contributed by atoms with Crippen LogP contribution in [0.1, 0.15) is 6.42 Å². The van der Waals surface area contributed by atoms with Gasteiger partial charge in [-0.25, -0.2) is 0 Å². The molecule has 0 spiro atoms. The summed E-state index contributed by atoms with van der Waals surface area (Å²) >= 11 is 0. The van der Waals surface area contributed by atoms with Crippen molar-refractivity contribution in [2.45, 2.75) is 12.1 Å². The third-order valence-corrected chi connectivity index (χ3v) is 3.47. The number of dihydropyridines is 1. The first-order valence-electron chi connectivity index (χ1n) is 5.93. The zero-order valence-corrected chi connectivity index (χ0v) is 9.89. The van der Waals surface area contributed by atoms with Gasteiger partial charge in [0.2, 0.25) is 0 Å². The summed E-state index contributed by atoms with van der Waals surface area (Å²) in [4.78, 5) is 4.76. The molecule has 1 saturated heterocycles. The number of rotatable bonds is 3. The highest BCUT2D eigenvalue weighted by atomic mass is 16.3. The maximum absolute atomic E-state index is 9.23. The Hall–Kier alpha value is -0.840. The van der Waals surface area contributed by atoms with Gasteiger partial charge in [0.1, 0.15) is 5.66 Å². The molecule has 4 heteroatoms. The third kappa shape index (κ3) is 2.29. The van der Waals surface area contributed by atoms with E-state index in [-0.39, 0.29) is 12.3 Å². The van der Waals surface area contributed by atoms with E-state index in [1.54, 1.807) is 0 Å². The van der Waals surface area contributed by atoms with Gasteiger partial charge in [0, 0.05) is 39.2 Å². The fourth-order valence-corrected chi connectivity index (χ4v) is 2.40. The number of nitrogens with zero attached hydrogens (tertiary/aromatic N) is 2. The highest BCUT2D eigenvalue weighted by Gasteiger charge is 2.34. The van der Waals surface area contributed by atoms with Crippen LogP contribution >= 0.6 is 0 Å². The Kier molecular flexibility index (Phi) is 3.63. The molecular formula is C12H21N3O. The van der Waals surface area contributed by atoms with Crippen molar-refractivity contribution in [3.8, 4) is 0 Å². The van der Waals surface area contributed by atoms with Gasteiger partial charge in [-0.3, -0.25) is 4.90 Å². The first-order valence-corrected chi connectivity index (χ1v) is 5.93. The lowest BCUT2D eigenvalue weighted by Crippen LogP contribution is -2.62. The highest BCUT2D eigenvalue weighted by Crippen LogP contribution is 2.22. The van der Waals surface area contributed by atoms with Gasteiger partial charge >= 0.3 is 0 Å². The summed E-state index contributed by atoms with van der Waals surface area (Å²) in [5.41, 5.74) is -0.176. The molecule has 0 aromatic rings. The molecule has 2 heterocycles. The van der Waals surface area contributed by atoms with E-state index < -0.39 is 0 Å². The average molecular weight is 223 g/mol. The number of likely N-dealkylation sites (N-methyl/N-ethyl adjacent to an activating group) is 1. The summed E-state index contributed by atoms with van der Waals surface area (Å²) < 4.78 is 0. The number of nitrogens with one attached hydrogen (secondary N) is 1. The van der Waals surface area contributed by atoms with Gasteiger partial charge in [-0.2, -0.15) is 0 Å². The van der Waals surface area contributed by atoms with Gasteiger partial charge in [0.05, 0.1) is 0 Å². The first kappa shape index (κ1) is 11.6. The molecule has 0 radical (unpaired) electrons. The van der Waals surface area contributed by atoms with E-state index >= 15 is 0 Å². The molecule has 0 amide bonds. The predicted molar refractivity (Wildman–Crippen MR) is 64.9 cm³/mol. The lowest BCUT2D eigenvalue weighted by atomic mass is 10.0. The van der Waals surface area contributed by atoms with Crippen LogP contribution in [0.4, 0.5) is 0 Å². The molecule has 1 fully saturated rings. The smallest absolute Gasteiger partial charge is 0.112 e. The van der Waals surface area contributed by atoms with Crippen LogP contribution < -0.4 is 5.32 Å². The Morgan fingerprint density at radius 2 is 2.00 bits per heavy atom. The minimum Gasteiger partial charge on any atom is -0.396 e. The Labute approximate surface area is 97.2 Å². The van der Waals surface area contributed by atoms with Gasteiger partial charge in [-0.15, -0.1) is 0 Å². The molecule has 2 N–H and O–H groups in total. The molecule has 16 heavy (non-hydrogen) atoms. The van der Waals surface area contributed by atoms with Crippen LogP contribution in [0.3, 0.4) is 0 Å². The van der Waals surface area contributed by atoms with E-state index in [1.165, 1.54) is 0 Å². The van der Waals surface area contributed by atoms with Crippen molar-refractivity contribution >= 4 is 0 Å². The number of hydrogen-bond donors (Lipinski definition) is 2. The molecule has 4 nitrogen and oxygen atoms in total. The van der Waals surface area contributed by atoms with Crippen LogP contribution in [0.2, 0.25) is 0 Å². The van der Waals surface area contributed by atoms with E-state index in [0.29, 0.717) is 0 Å². The fourth-order valence-electron chi connectivity index (χ4n) is 2.40. The Morgan fingerprint density at radius 1 is 1.25 bits per heavy atom. The van der Waals surface area contributed by atoms with Gasteiger partial charge in [-0.1, -0.05) is 6.08 Å². The van der Waals surface area contributed by atoms with Crippen LogP contribution in [0.25, 0.3) is 0 Å². The van der Waals surface area contributed by atoms with Gasteiger partial charge in [0.15, 0.2) is 0 Å². The van der Waals surface area contributed by atoms with Crippen molar-refractivity contribution < 1.29 is 5.11 Å². The van der Waals surface area contributed by atoms with Crippen molar-refractivity contribution in [3.63, 3.8) is 0 Å². The Bertz CT molecular complexity index is 282. The number of aliphatic hydroxyl groups is 1. The van der Waals surface area contributed by atoms with E-state index in [9.17, 15) is 5.11 Å². The molecule has 2 aliphatic heterocycles. The fraction of sp³-hybridized carbons (Fsp3) is 0.667. The minimum atomic E-state index is -0.176. The predicted octanol–water partition coefficient (Wildman–Crippen LogP) is -0.0144. The molecule has 1 atom stereocenters. The summed E-state index contributed by atoms with van der Waals surface area (Å²) in [5.74, 6) is 0. The quantitative estimate of drug-likeness (QED) is 0.705. The largest absolute Gasteiger partial charge is 0.396 e. The minimum absolute atomic E-state index is 0.176. The Balaban J connectivity index is 2.07. The van der Waals surface area contributed by atoms with Crippen LogP contribution in [0.5, 0.6) is 0 Å². The van der Waals surface area contributed by atoms with Crippen molar-refractivity contribution in [1.29, 1.82) is 0 Å². The lowest BCUT2D eigenvalue weighted by Gasteiger charge is -2.46. The zero-order valence-electron chi connectivity index (χ0n) is 9.89. The number of allylic oxidation sites excluding steroid dienone is 2. The summed E-state index contributed by atoms with van der Waals surface area (Å²) in [7, 11) is 2.15. The van der Waals surface area contributed by atoms with Crippen LogP contribution in [0.15, 0.2) is 24.4 Å². The molecule has 90 valence electrons. The molecule has 2 aliphatic rings. The molecule has 0 aromatic heterocycles. The SMILES string of the molecule is CN1CCN(C2(CCO)C=CC=CN2)CC1. The van der Waals surface area contributed by atoms with Crippen LogP contribution in [-0.2, 0) is 0 Å². The van der Waals surface area contributed by atoms with Crippen LogP contribution in [0, 0.1) is 0 Å².